The van der Waals surface area contributed by atoms with Crippen molar-refractivity contribution in [3.05, 3.63) is 20.3 Å². The molecule has 1 aromatic heterocycles. The van der Waals surface area contributed by atoms with E-state index in [-0.39, 0.29) is 6.04 Å². The van der Waals surface area contributed by atoms with Gasteiger partial charge in [-0.2, -0.15) is 0 Å². The molecule has 1 rings (SSSR count). The third-order valence-corrected chi connectivity index (χ3v) is 4.33. The van der Waals surface area contributed by atoms with Crippen molar-refractivity contribution < 1.29 is 0 Å². The van der Waals surface area contributed by atoms with Gasteiger partial charge in [0.25, 0.3) is 0 Å². The van der Waals surface area contributed by atoms with Crippen LogP contribution in [0.25, 0.3) is 0 Å². The largest absolute Gasteiger partial charge is 0.323 e. The summed E-state index contributed by atoms with van der Waals surface area (Å²) in [5.41, 5.74) is 6.14. The van der Waals surface area contributed by atoms with Crippen molar-refractivity contribution in [1.29, 1.82) is 0 Å². The lowest BCUT2D eigenvalue weighted by Crippen LogP contribution is -2.10. The van der Waals surface area contributed by atoms with Gasteiger partial charge in [0.2, 0.25) is 0 Å². The van der Waals surface area contributed by atoms with E-state index in [9.17, 15) is 0 Å². The van der Waals surface area contributed by atoms with Gasteiger partial charge in [-0.05, 0) is 47.7 Å². The van der Waals surface area contributed by atoms with E-state index in [0.717, 1.165) is 12.3 Å². The van der Waals surface area contributed by atoms with Crippen LogP contribution in [0.1, 0.15) is 42.5 Å². The fraction of sp³-hybridized carbons (Fsp3) is 0.636. The zero-order valence-electron chi connectivity index (χ0n) is 9.01. The summed E-state index contributed by atoms with van der Waals surface area (Å²) in [6, 6.07) is 2.35. The quantitative estimate of drug-likeness (QED) is 0.873. The van der Waals surface area contributed by atoms with E-state index in [1.807, 2.05) is 0 Å². The lowest BCUT2D eigenvalue weighted by molar-refractivity contribution is 0.510. The maximum Gasteiger partial charge on any atom is 0.0401 e. The predicted octanol–water partition coefficient (Wildman–Crippen LogP) is 4.26. The smallest absolute Gasteiger partial charge is 0.0401 e. The molecule has 1 nitrogen and oxygen atoms in total. The van der Waals surface area contributed by atoms with Gasteiger partial charge in [0.05, 0.1) is 0 Å². The summed E-state index contributed by atoms with van der Waals surface area (Å²) >= 11 is 5.36. The van der Waals surface area contributed by atoms with Gasteiger partial charge in [0, 0.05) is 20.3 Å². The molecule has 3 heteroatoms. The summed E-state index contributed by atoms with van der Waals surface area (Å²) in [5.74, 6) is 0.737. The summed E-state index contributed by atoms with van der Waals surface area (Å²) in [7, 11) is 0. The Hall–Kier alpha value is 0.140. The van der Waals surface area contributed by atoms with Crippen LogP contribution in [0.15, 0.2) is 10.5 Å². The molecule has 0 aromatic carbocycles. The van der Waals surface area contributed by atoms with Crippen LogP contribution < -0.4 is 5.73 Å². The molecule has 0 aliphatic carbocycles. The Balaban J connectivity index is 2.60. The molecule has 0 aliphatic heterocycles. The average Bonchev–Trinajstić information content (AvgIpc) is 2.41. The molecule has 80 valence electrons. The van der Waals surface area contributed by atoms with Crippen molar-refractivity contribution in [2.75, 3.05) is 0 Å². The zero-order valence-corrected chi connectivity index (χ0v) is 11.4. The van der Waals surface area contributed by atoms with Gasteiger partial charge in [0.15, 0.2) is 0 Å². The Labute approximate surface area is 98.8 Å². The Bertz CT molecular complexity index is 293. The molecule has 0 spiro atoms. The van der Waals surface area contributed by atoms with Gasteiger partial charge in [0.1, 0.15) is 0 Å². The second-order valence-corrected chi connectivity index (χ2v) is 6.29. The minimum Gasteiger partial charge on any atom is -0.323 e. The monoisotopic (exact) mass is 275 g/mol. The molecule has 0 amide bonds. The third kappa shape index (κ3) is 3.37. The highest BCUT2D eigenvalue weighted by atomic mass is 79.9. The van der Waals surface area contributed by atoms with E-state index in [1.165, 1.54) is 20.6 Å². The minimum atomic E-state index is 0.200. The topological polar surface area (TPSA) is 26.0 Å². The first-order valence-electron chi connectivity index (χ1n) is 5.02. The minimum absolute atomic E-state index is 0.200. The molecular weight excluding hydrogens is 258 g/mol. The van der Waals surface area contributed by atoms with Gasteiger partial charge in [-0.15, -0.1) is 11.3 Å². The maximum absolute atomic E-state index is 6.14. The number of halogens is 1. The van der Waals surface area contributed by atoms with Crippen LogP contribution in [-0.4, -0.2) is 0 Å². The molecule has 0 bridgehead atoms. The Kier molecular flexibility index (Phi) is 4.61. The van der Waals surface area contributed by atoms with E-state index in [4.69, 9.17) is 5.73 Å². The second-order valence-electron chi connectivity index (χ2n) is 4.15. The zero-order chi connectivity index (χ0) is 10.7. The lowest BCUT2D eigenvalue weighted by atomic mass is 10.0. The first-order chi connectivity index (χ1) is 6.50. The van der Waals surface area contributed by atoms with Crippen LogP contribution >= 0.6 is 27.3 Å². The molecule has 0 radical (unpaired) electrons. The van der Waals surface area contributed by atoms with Crippen LogP contribution in [-0.2, 0) is 0 Å². The van der Waals surface area contributed by atoms with Gasteiger partial charge in [-0.1, -0.05) is 13.8 Å². The summed E-state index contributed by atoms with van der Waals surface area (Å²) in [6.45, 7) is 6.59. The fourth-order valence-corrected chi connectivity index (χ4v) is 3.38. The summed E-state index contributed by atoms with van der Waals surface area (Å²) in [5, 5.41) is 0. The highest BCUT2D eigenvalue weighted by molar-refractivity contribution is 9.10. The van der Waals surface area contributed by atoms with E-state index in [2.05, 4.69) is 42.8 Å². The highest BCUT2D eigenvalue weighted by Crippen LogP contribution is 2.33. The first kappa shape index (κ1) is 12.2. The van der Waals surface area contributed by atoms with Crippen molar-refractivity contribution in [1.82, 2.24) is 0 Å². The molecule has 1 heterocycles. The fourth-order valence-electron chi connectivity index (χ4n) is 1.40. The standard InChI is InChI=1S/C11H18BrNS/c1-7(2)4-5-10(13)11-9(12)6-8(3)14-11/h6-7,10H,4-5,13H2,1-3H3. The van der Waals surface area contributed by atoms with Crippen molar-refractivity contribution >= 4 is 27.3 Å². The normalized spacial score (nSPS) is 13.6. The van der Waals surface area contributed by atoms with Crippen LogP contribution in [0.3, 0.4) is 0 Å². The van der Waals surface area contributed by atoms with E-state index in [0.29, 0.717) is 0 Å². The molecule has 0 aliphatic rings. The van der Waals surface area contributed by atoms with E-state index >= 15 is 0 Å². The number of hydrogen-bond donors (Lipinski definition) is 1. The Morgan fingerprint density at radius 2 is 2.07 bits per heavy atom. The van der Waals surface area contributed by atoms with Crippen LogP contribution in [0, 0.1) is 12.8 Å². The number of aryl methyl sites for hydroxylation is 1. The van der Waals surface area contributed by atoms with Crippen molar-refractivity contribution in [3.8, 4) is 0 Å². The SMILES string of the molecule is Cc1cc(Br)c(C(N)CCC(C)C)s1. The van der Waals surface area contributed by atoms with Crippen LogP contribution in [0.4, 0.5) is 0 Å². The second kappa shape index (κ2) is 5.29. The Morgan fingerprint density at radius 3 is 2.50 bits per heavy atom. The Morgan fingerprint density at radius 1 is 1.43 bits per heavy atom. The van der Waals surface area contributed by atoms with E-state index in [1.54, 1.807) is 11.3 Å². The first-order valence-corrected chi connectivity index (χ1v) is 6.63. The summed E-state index contributed by atoms with van der Waals surface area (Å²) in [4.78, 5) is 2.62. The van der Waals surface area contributed by atoms with Crippen LogP contribution in [0.5, 0.6) is 0 Å². The van der Waals surface area contributed by atoms with Crippen molar-refractivity contribution in [3.63, 3.8) is 0 Å². The number of nitrogens with two attached hydrogens (primary N) is 1. The molecule has 1 atom stereocenters. The molecule has 0 saturated carbocycles. The van der Waals surface area contributed by atoms with Crippen molar-refractivity contribution in [2.45, 2.75) is 39.7 Å². The predicted molar refractivity (Wildman–Crippen MR) is 67.8 cm³/mol. The van der Waals surface area contributed by atoms with Crippen LogP contribution in [0.2, 0.25) is 0 Å². The van der Waals surface area contributed by atoms with Gasteiger partial charge < -0.3 is 5.73 Å². The summed E-state index contributed by atoms with van der Waals surface area (Å²) in [6.07, 6.45) is 2.28. The summed E-state index contributed by atoms with van der Waals surface area (Å²) < 4.78 is 1.18. The van der Waals surface area contributed by atoms with Gasteiger partial charge in [-0.25, -0.2) is 0 Å². The molecule has 1 unspecified atom stereocenters. The van der Waals surface area contributed by atoms with Gasteiger partial charge >= 0.3 is 0 Å². The molecule has 0 fully saturated rings. The highest BCUT2D eigenvalue weighted by Gasteiger charge is 2.13. The number of hydrogen-bond acceptors (Lipinski definition) is 2. The average molecular weight is 276 g/mol. The van der Waals surface area contributed by atoms with Crippen molar-refractivity contribution in [2.24, 2.45) is 11.7 Å². The molecule has 2 N–H and O–H groups in total. The lowest BCUT2D eigenvalue weighted by Gasteiger charge is -2.11. The number of rotatable bonds is 4. The maximum atomic E-state index is 6.14. The molecular formula is C11H18BrNS. The number of thiophene rings is 1. The third-order valence-electron chi connectivity index (χ3n) is 2.23. The molecule has 14 heavy (non-hydrogen) atoms. The molecule has 1 aromatic rings. The van der Waals surface area contributed by atoms with Gasteiger partial charge in [-0.3, -0.25) is 0 Å². The van der Waals surface area contributed by atoms with E-state index < -0.39 is 0 Å². The molecule has 0 saturated heterocycles.